The zero-order valence-corrected chi connectivity index (χ0v) is 10.6. The van der Waals surface area contributed by atoms with E-state index in [1.54, 1.807) is 4.63 Å². The molecule has 0 unspecified atom stereocenters. The number of hydrogen-bond donors (Lipinski definition) is 0. The molecule has 0 fully saturated rings. The van der Waals surface area contributed by atoms with E-state index in [9.17, 15) is 0 Å². The Bertz CT molecular complexity index is 1100. The van der Waals surface area contributed by atoms with Crippen LogP contribution in [0.3, 0.4) is 0 Å². The molecule has 0 aliphatic heterocycles. The summed E-state index contributed by atoms with van der Waals surface area (Å²) < 4.78 is 3.63. The molecule has 3 heterocycles. The Morgan fingerprint density at radius 3 is 2.65 bits per heavy atom. The number of aromatic nitrogens is 4. The van der Waals surface area contributed by atoms with Crippen molar-refractivity contribution in [3.8, 4) is 0 Å². The molecule has 5 aromatic rings. The highest BCUT2D eigenvalue weighted by molar-refractivity contribution is 6.09. The Morgan fingerprint density at radius 1 is 0.900 bits per heavy atom. The number of fused-ring (bicyclic) bond motifs is 7. The Morgan fingerprint density at radius 2 is 1.70 bits per heavy atom. The first-order valence-corrected chi connectivity index (χ1v) is 6.56. The summed E-state index contributed by atoms with van der Waals surface area (Å²) in [6.07, 6.45) is 1.99. The molecule has 20 heavy (non-hydrogen) atoms. The summed E-state index contributed by atoms with van der Waals surface area (Å²) in [7, 11) is 0. The molecule has 4 nitrogen and oxygen atoms in total. The molecule has 0 saturated carbocycles. The zero-order valence-electron chi connectivity index (χ0n) is 10.6. The third-order valence-corrected chi connectivity index (χ3v) is 3.81. The van der Waals surface area contributed by atoms with Crippen LogP contribution in [-0.2, 0) is 0 Å². The van der Waals surface area contributed by atoms with Crippen LogP contribution < -0.4 is 9.73 Å². The topological polar surface area (TPSA) is 35.5 Å². The molecule has 0 bridgehead atoms. The predicted octanol–water partition coefficient (Wildman–Crippen LogP) is 2.34. The molecule has 5 rings (SSSR count). The monoisotopic (exact) mass is 258 g/mol. The minimum absolute atomic E-state index is 0.977. The van der Waals surface area contributed by atoms with Crippen molar-refractivity contribution in [3.05, 3.63) is 60.8 Å². The first-order valence-electron chi connectivity index (χ1n) is 6.56. The highest BCUT2D eigenvalue weighted by atomic mass is 15.5. The van der Waals surface area contributed by atoms with Gasteiger partial charge in [0.1, 0.15) is 0 Å². The van der Waals surface area contributed by atoms with Crippen LogP contribution in [0.2, 0.25) is 0 Å². The van der Waals surface area contributed by atoms with Gasteiger partial charge in [0.25, 0.3) is 0 Å². The van der Waals surface area contributed by atoms with Gasteiger partial charge in [0.05, 0.1) is 6.20 Å². The normalized spacial score (nSPS) is 12.0. The van der Waals surface area contributed by atoms with Gasteiger partial charge in [0.15, 0.2) is 11.0 Å². The van der Waals surface area contributed by atoms with E-state index in [1.807, 2.05) is 28.9 Å². The first-order chi connectivity index (χ1) is 9.92. The first kappa shape index (κ1) is 9.97. The zero-order chi connectivity index (χ0) is 13.1. The fraction of sp³-hybridized carbons (Fsp3) is 0. The summed E-state index contributed by atoms with van der Waals surface area (Å²) in [4.78, 5) is 0. The summed E-state index contributed by atoms with van der Waals surface area (Å²) in [5.41, 5.74) is 3.15. The van der Waals surface area contributed by atoms with Gasteiger partial charge in [0, 0.05) is 16.3 Å². The smallest absolute Gasteiger partial charge is 0.193 e. The van der Waals surface area contributed by atoms with Gasteiger partial charge in [-0.05, 0) is 17.5 Å². The second kappa shape index (κ2) is 3.36. The molecule has 0 amide bonds. The van der Waals surface area contributed by atoms with Crippen LogP contribution in [0.1, 0.15) is 0 Å². The van der Waals surface area contributed by atoms with Crippen molar-refractivity contribution in [1.82, 2.24) is 14.9 Å². The van der Waals surface area contributed by atoms with E-state index in [4.69, 9.17) is 0 Å². The Labute approximate surface area is 113 Å². The number of rotatable bonds is 0. The van der Waals surface area contributed by atoms with Crippen molar-refractivity contribution < 1.29 is 4.52 Å². The molecule has 4 heteroatoms. The lowest BCUT2D eigenvalue weighted by molar-refractivity contribution is -0.588. The maximum atomic E-state index is 4.54. The van der Waals surface area contributed by atoms with Gasteiger partial charge in [0.2, 0.25) is 0 Å². The van der Waals surface area contributed by atoms with Crippen molar-refractivity contribution in [2.24, 2.45) is 0 Å². The summed E-state index contributed by atoms with van der Waals surface area (Å²) in [5.74, 6) is 0. The molecule has 0 aliphatic carbocycles. The van der Waals surface area contributed by atoms with Crippen molar-refractivity contribution in [3.63, 3.8) is 0 Å². The van der Waals surface area contributed by atoms with Crippen LogP contribution in [0.5, 0.6) is 0 Å². The van der Waals surface area contributed by atoms with Crippen LogP contribution in [0.15, 0.2) is 60.8 Å². The molecule has 0 N–H and O–H groups in total. The van der Waals surface area contributed by atoms with E-state index in [-0.39, 0.29) is 0 Å². The minimum atomic E-state index is 0.977. The molecule has 3 aromatic heterocycles. The maximum Gasteiger partial charge on any atom is 0.193 e. The summed E-state index contributed by atoms with van der Waals surface area (Å²) >= 11 is 0. The van der Waals surface area contributed by atoms with E-state index in [2.05, 4.69) is 46.7 Å². The third kappa shape index (κ3) is 1.11. The SMILES string of the molecule is c1ccc2c(c1)cc[n+]1[n-]n3nc4ccccc4c3c21. The van der Waals surface area contributed by atoms with Crippen LogP contribution in [-0.4, -0.2) is 9.73 Å². The van der Waals surface area contributed by atoms with E-state index >= 15 is 0 Å². The van der Waals surface area contributed by atoms with E-state index in [0.29, 0.717) is 0 Å². The third-order valence-electron chi connectivity index (χ3n) is 3.81. The fourth-order valence-electron chi connectivity index (χ4n) is 2.92. The second-order valence-electron chi connectivity index (χ2n) is 4.94. The number of pyridine rings is 1. The lowest BCUT2D eigenvalue weighted by Crippen LogP contribution is -2.26. The van der Waals surface area contributed by atoms with Crippen molar-refractivity contribution >= 4 is 32.7 Å². The van der Waals surface area contributed by atoms with Gasteiger partial charge in [-0.15, -0.1) is 5.21 Å². The average Bonchev–Trinajstić information content (AvgIpc) is 3.02. The molecule has 0 atom stereocenters. The molecule has 94 valence electrons. The van der Waals surface area contributed by atoms with Gasteiger partial charge >= 0.3 is 0 Å². The molecule has 0 saturated heterocycles. The molecule has 0 spiro atoms. The van der Waals surface area contributed by atoms with Gasteiger partial charge in [-0.2, -0.15) is 9.15 Å². The number of benzene rings is 2. The molecule has 0 aliphatic rings. The van der Waals surface area contributed by atoms with Gasteiger partial charge in [-0.1, -0.05) is 42.5 Å². The maximum absolute atomic E-state index is 4.54. The lowest BCUT2D eigenvalue weighted by atomic mass is 10.1. The highest BCUT2D eigenvalue weighted by Crippen LogP contribution is 2.25. The van der Waals surface area contributed by atoms with Crippen molar-refractivity contribution in [2.45, 2.75) is 0 Å². The molecular weight excluding hydrogens is 248 g/mol. The van der Waals surface area contributed by atoms with E-state index in [1.165, 1.54) is 10.8 Å². The van der Waals surface area contributed by atoms with Gasteiger partial charge in [-0.25, -0.2) is 0 Å². The minimum Gasteiger partial charge on any atom is -0.271 e. The van der Waals surface area contributed by atoms with E-state index < -0.39 is 0 Å². The van der Waals surface area contributed by atoms with Crippen molar-refractivity contribution in [1.29, 1.82) is 0 Å². The number of nitrogens with zero attached hydrogens (tertiary/aromatic N) is 4. The van der Waals surface area contributed by atoms with Crippen molar-refractivity contribution in [2.75, 3.05) is 0 Å². The van der Waals surface area contributed by atoms with Gasteiger partial charge in [-0.3, -0.25) is 5.10 Å². The largest absolute Gasteiger partial charge is 0.271 e. The Kier molecular flexibility index (Phi) is 1.68. The summed E-state index contributed by atoms with van der Waals surface area (Å²) in [6, 6.07) is 18.6. The Balaban J connectivity index is 2.17. The van der Waals surface area contributed by atoms with Crippen LogP contribution >= 0.6 is 0 Å². The standard InChI is InChI=1S/C16H10N4/c1-2-6-12-11(5-1)9-10-19-15(12)16-13-7-3-4-8-14(13)17-20(16)18-19/h1-10H. The van der Waals surface area contributed by atoms with Crippen LogP contribution in [0.25, 0.3) is 32.7 Å². The lowest BCUT2D eigenvalue weighted by Gasteiger charge is -1.97. The van der Waals surface area contributed by atoms with Crippen LogP contribution in [0, 0.1) is 0 Å². The highest BCUT2D eigenvalue weighted by Gasteiger charge is 2.15. The predicted molar refractivity (Wildman–Crippen MR) is 76.7 cm³/mol. The molecule has 0 radical (unpaired) electrons. The number of hydrogen-bond acceptors (Lipinski definition) is 1. The van der Waals surface area contributed by atoms with Gasteiger partial charge < -0.3 is 0 Å². The van der Waals surface area contributed by atoms with E-state index in [0.717, 1.165) is 21.9 Å². The van der Waals surface area contributed by atoms with Crippen LogP contribution in [0.4, 0.5) is 0 Å². The second-order valence-corrected chi connectivity index (χ2v) is 4.94. The fourth-order valence-corrected chi connectivity index (χ4v) is 2.92. The average molecular weight is 258 g/mol. The Hall–Kier alpha value is -2.88. The summed E-state index contributed by atoms with van der Waals surface area (Å²) in [5, 5.41) is 12.6. The summed E-state index contributed by atoms with van der Waals surface area (Å²) in [6.45, 7) is 0. The molecule has 2 aromatic carbocycles. The quantitative estimate of drug-likeness (QED) is 0.400. The molecular formula is C16H10N4.